The smallest absolute Gasteiger partial charge is 0.411 e. The van der Waals surface area contributed by atoms with Gasteiger partial charge in [-0.15, -0.1) is 0 Å². The van der Waals surface area contributed by atoms with Gasteiger partial charge in [-0.25, -0.2) is 19.6 Å². The van der Waals surface area contributed by atoms with Crippen LogP contribution in [-0.2, 0) is 19.0 Å². The zero-order valence-corrected chi connectivity index (χ0v) is 34.5. The quantitative estimate of drug-likeness (QED) is 0.160. The number of likely N-dealkylation sites (tertiary alicyclic amines) is 2. The molecule has 3 saturated heterocycles. The number of nitrogens with one attached hydrogen (secondary N) is 3. The highest BCUT2D eigenvalue weighted by Gasteiger charge is 2.91. The number of piperidine rings is 3. The number of aromatic amines is 2. The van der Waals surface area contributed by atoms with E-state index >= 15 is 0 Å². The summed E-state index contributed by atoms with van der Waals surface area (Å²) in [6.45, 7) is 6.74. The van der Waals surface area contributed by atoms with Crippen molar-refractivity contribution in [1.82, 2.24) is 35.1 Å². The maximum absolute atomic E-state index is 14.4. The van der Waals surface area contributed by atoms with Crippen LogP contribution < -0.4 is 5.32 Å². The summed E-state index contributed by atoms with van der Waals surface area (Å²) < 4.78 is 16.2. The highest BCUT2D eigenvalue weighted by Crippen LogP contribution is 2.89. The number of aromatic nitrogens is 4. The molecule has 13 nitrogen and oxygen atoms in total. The highest BCUT2D eigenvalue weighted by atomic mass is 35.5. The predicted octanol–water partition coefficient (Wildman–Crippen LogP) is 8.47. The summed E-state index contributed by atoms with van der Waals surface area (Å²) in [6.07, 6.45) is 5.05. The number of nitrogens with zero attached hydrogens (tertiary/aromatic N) is 4. The third kappa shape index (κ3) is 6.26. The summed E-state index contributed by atoms with van der Waals surface area (Å²) in [4.78, 5) is 60.3. The minimum Gasteiger partial charge on any atom is -0.453 e. The number of benzene rings is 2. The monoisotopic (exact) mass is 827 g/mol. The molecule has 5 heterocycles. The Morgan fingerprint density at radius 3 is 1.97 bits per heavy atom. The van der Waals surface area contributed by atoms with Crippen LogP contribution in [0.3, 0.4) is 0 Å². The molecule has 15 heteroatoms. The summed E-state index contributed by atoms with van der Waals surface area (Å²) >= 11 is 13.6. The number of ether oxygens (including phenoxy) is 3. The summed E-state index contributed by atoms with van der Waals surface area (Å²) in [7, 11) is 1.32. The molecule has 3 aliphatic heterocycles. The highest BCUT2D eigenvalue weighted by molar-refractivity contribution is 6.32. The Kier molecular flexibility index (Phi) is 8.75. The molecule has 10 rings (SSSR count). The van der Waals surface area contributed by atoms with E-state index in [-0.39, 0.29) is 47.0 Å². The lowest BCUT2D eigenvalue weighted by atomic mass is 9.89. The molecule has 6 aliphatic rings. The average Bonchev–Trinajstić information content (AvgIpc) is 4.01. The molecular weight excluding hydrogens is 781 g/mol. The summed E-state index contributed by atoms with van der Waals surface area (Å²) in [5, 5.41) is 3.71. The lowest BCUT2D eigenvalue weighted by Crippen LogP contribution is -2.55. The van der Waals surface area contributed by atoms with Crippen LogP contribution in [0.2, 0.25) is 10.3 Å². The van der Waals surface area contributed by atoms with Crippen LogP contribution in [0, 0.1) is 17.3 Å². The zero-order valence-electron chi connectivity index (χ0n) is 32.9. The molecule has 4 aromatic rings. The van der Waals surface area contributed by atoms with Crippen LogP contribution in [0.15, 0.2) is 48.5 Å². The number of imidazole rings is 2. The zero-order chi connectivity index (χ0) is 40.3. The molecule has 304 valence electrons. The largest absolute Gasteiger partial charge is 0.453 e. The van der Waals surface area contributed by atoms with Gasteiger partial charge >= 0.3 is 12.2 Å². The molecule has 0 radical (unpaired) electrons. The molecule has 58 heavy (non-hydrogen) atoms. The summed E-state index contributed by atoms with van der Waals surface area (Å²) in [5.74, 6) is 1.66. The summed E-state index contributed by atoms with van der Waals surface area (Å²) in [5.41, 5.74) is 4.38. The van der Waals surface area contributed by atoms with Crippen LogP contribution in [-0.4, -0.2) is 91.4 Å². The van der Waals surface area contributed by atoms with Gasteiger partial charge in [0.15, 0.2) is 0 Å². The van der Waals surface area contributed by atoms with Crippen LogP contribution in [0.4, 0.5) is 9.59 Å². The van der Waals surface area contributed by atoms with E-state index in [2.05, 4.69) is 15.3 Å². The van der Waals surface area contributed by atoms with E-state index in [1.807, 2.05) is 79.1 Å². The molecule has 3 N–H and O–H groups in total. The third-order valence-corrected chi connectivity index (χ3v) is 13.9. The van der Waals surface area contributed by atoms with E-state index in [9.17, 15) is 14.4 Å². The molecule has 5 atom stereocenters. The SMILES string of the molecule is COC(=O)N[C@H](C(=O)N1[C@H](c2nc(-c3ccc(-c4ccc(-c5nc([C@@H]6C[C@H]7C[C@H]7N6C(=O)OC(C)(C)C)[nH]c5Cl)cc4)cc3)c(Cl)[nH]2)CC23CC12C3)C1CCOCC1. The normalized spacial score (nSPS) is 28.7. The number of carbonyl (C=O) groups is 3. The number of H-pyrrole nitrogens is 2. The van der Waals surface area contributed by atoms with Gasteiger partial charge < -0.3 is 34.4 Å². The van der Waals surface area contributed by atoms with Crippen molar-refractivity contribution in [3.63, 3.8) is 0 Å². The predicted molar refractivity (Wildman–Crippen MR) is 216 cm³/mol. The Balaban J connectivity index is 0.847. The number of hydrogen-bond donors (Lipinski definition) is 3. The van der Waals surface area contributed by atoms with Crippen molar-refractivity contribution in [1.29, 1.82) is 0 Å². The van der Waals surface area contributed by atoms with E-state index in [4.69, 9.17) is 47.4 Å². The molecule has 3 aliphatic carbocycles. The Morgan fingerprint density at radius 2 is 1.41 bits per heavy atom. The van der Waals surface area contributed by atoms with Gasteiger partial charge in [0.2, 0.25) is 5.91 Å². The lowest BCUT2D eigenvalue weighted by Gasteiger charge is -2.38. The molecule has 3 saturated carbocycles. The van der Waals surface area contributed by atoms with Gasteiger partial charge in [-0.05, 0) is 88.7 Å². The molecule has 2 aromatic carbocycles. The first-order chi connectivity index (χ1) is 27.8. The van der Waals surface area contributed by atoms with Crippen molar-refractivity contribution in [2.45, 2.75) is 101 Å². The number of rotatable bonds is 8. The van der Waals surface area contributed by atoms with E-state index in [1.165, 1.54) is 7.11 Å². The fraction of sp³-hybridized carbons (Fsp3) is 0.512. The van der Waals surface area contributed by atoms with Crippen LogP contribution in [0.25, 0.3) is 33.6 Å². The van der Waals surface area contributed by atoms with Crippen molar-refractivity contribution in [3.05, 3.63) is 70.5 Å². The van der Waals surface area contributed by atoms with E-state index in [0.29, 0.717) is 65.3 Å². The van der Waals surface area contributed by atoms with Crippen molar-refractivity contribution < 1.29 is 28.6 Å². The second kappa shape index (κ2) is 13.5. The van der Waals surface area contributed by atoms with E-state index < -0.39 is 17.7 Å². The van der Waals surface area contributed by atoms with Crippen molar-refractivity contribution in [2.24, 2.45) is 17.3 Å². The fourth-order valence-electron chi connectivity index (χ4n) is 10.2. The van der Waals surface area contributed by atoms with Crippen molar-refractivity contribution in [2.75, 3.05) is 20.3 Å². The average molecular weight is 829 g/mol. The maximum Gasteiger partial charge on any atom is 0.411 e. The number of carbonyl (C=O) groups excluding carboxylic acids is 3. The maximum atomic E-state index is 14.4. The van der Waals surface area contributed by atoms with Crippen LogP contribution >= 0.6 is 23.2 Å². The second-order valence-electron chi connectivity index (χ2n) is 18.1. The van der Waals surface area contributed by atoms with Crippen LogP contribution in [0.1, 0.15) is 89.4 Å². The second-order valence-corrected chi connectivity index (χ2v) is 18.8. The number of methoxy groups -OCH3 is 1. The minimum absolute atomic E-state index is 0.0444. The number of amides is 3. The minimum atomic E-state index is -0.704. The lowest BCUT2D eigenvalue weighted by molar-refractivity contribution is -0.140. The van der Waals surface area contributed by atoms with Gasteiger partial charge in [-0.3, -0.25) is 9.69 Å². The fourth-order valence-corrected chi connectivity index (χ4v) is 10.7. The molecule has 3 amide bonds. The molecule has 0 unspecified atom stereocenters. The van der Waals surface area contributed by atoms with Gasteiger partial charge in [0.25, 0.3) is 0 Å². The number of fused-ring (bicyclic) bond motifs is 1. The van der Waals surface area contributed by atoms with Crippen molar-refractivity contribution >= 4 is 41.3 Å². The topological polar surface area (TPSA) is 155 Å². The van der Waals surface area contributed by atoms with E-state index in [0.717, 1.165) is 54.4 Å². The number of hydrogen-bond acceptors (Lipinski definition) is 8. The van der Waals surface area contributed by atoms with Gasteiger partial charge in [0.05, 0.1) is 24.7 Å². The molecule has 2 aromatic heterocycles. The first kappa shape index (κ1) is 37.7. The number of alkyl carbamates (subject to hydrolysis) is 1. The Labute approximate surface area is 346 Å². The Morgan fingerprint density at radius 1 is 0.862 bits per heavy atom. The molecule has 6 fully saturated rings. The summed E-state index contributed by atoms with van der Waals surface area (Å²) in [6, 6.07) is 15.2. The molecule has 0 spiro atoms. The first-order valence-corrected chi connectivity index (χ1v) is 21.0. The van der Waals surface area contributed by atoms with Gasteiger partial charge in [0, 0.05) is 35.8 Å². The van der Waals surface area contributed by atoms with Crippen molar-refractivity contribution in [3.8, 4) is 33.6 Å². The van der Waals surface area contributed by atoms with Gasteiger partial charge in [0.1, 0.15) is 45.0 Å². The van der Waals surface area contributed by atoms with Gasteiger partial charge in [-0.2, -0.15) is 0 Å². The standard InChI is InChI=1S/C43H47Cl2N7O6/c1-41(2,3)58-40(55)51-28-17-27(28)18-29(51)36-46-31(34(44)49-36)24-9-5-22(6-10-24)23-7-11-25(12-8-23)32-35(45)50-37(47-32)30-19-42-20-43(42,21-42)52(30)38(53)33(48-39(54)56-4)26-13-15-57-16-14-26/h5-12,26-30,33H,13-21H2,1-4H3,(H,46,49)(H,47,50)(H,48,54)/t27-,28-,29+,30+,33+,42?,43?/m1/s1. The Hall–Kier alpha value is -4.59. The third-order valence-electron chi connectivity index (χ3n) is 13.4. The molecule has 0 bridgehead atoms. The Bertz CT molecular complexity index is 2290. The molecular formula is C43H47Cl2N7O6. The number of halogens is 2. The van der Waals surface area contributed by atoms with Crippen LogP contribution in [0.5, 0.6) is 0 Å². The first-order valence-electron chi connectivity index (χ1n) is 20.3. The van der Waals surface area contributed by atoms with Gasteiger partial charge in [-0.1, -0.05) is 71.7 Å². The van der Waals surface area contributed by atoms with E-state index in [1.54, 1.807) is 0 Å².